The number of benzene rings is 1. The van der Waals surface area contributed by atoms with E-state index >= 15 is 0 Å². The van der Waals surface area contributed by atoms with Gasteiger partial charge in [-0.15, -0.1) is 0 Å². The topological polar surface area (TPSA) is 130 Å². The third-order valence-corrected chi connectivity index (χ3v) is 6.14. The molecule has 176 valence electrons. The summed E-state index contributed by atoms with van der Waals surface area (Å²) < 4.78 is 1.75. The molecule has 1 aromatic carbocycles. The lowest BCUT2D eigenvalue weighted by Gasteiger charge is -2.20. The molecule has 0 atom stereocenters. The van der Waals surface area contributed by atoms with Gasteiger partial charge in [-0.3, -0.25) is 9.78 Å². The predicted molar refractivity (Wildman–Crippen MR) is 130 cm³/mol. The molecule has 4 aromatic rings. The number of likely N-dealkylation sites (tertiary alicyclic amines) is 1. The summed E-state index contributed by atoms with van der Waals surface area (Å²) in [6, 6.07) is 9.42. The molecule has 3 aromatic heterocycles. The number of aromatic nitrogens is 4. The molecule has 0 saturated carbocycles. The number of rotatable bonds is 5. The van der Waals surface area contributed by atoms with E-state index in [9.17, 15) is 15.0 Å². The fourth-order valence-corrected chi connectivity index (χ4v) is 4.59. The van der Waals surface area contributed by atoms with E-state index in [0.717, 1.165) is 37.1 Å². The molecular weight excluding hydrogens is 432 g/mol. The number of carbonyl (C=O) groups excluding carboxylic acids is 1. The van der Waals surface area contributed by atoms with E-state index in [4.69, 9.17) is 5.73 Å². The normalized spacial score (nSPS) is 14.4. The number of carbonyl (C=O) groups is 1. The maximum Gasteiger partial charge on any atom is 0.253 e. The summed E-state index contributed by atoms with van der Waals surface area (Å²) in [5, 5.41) is 20.3. The Balaban J connectivity index is 1.62. The van der Waals surface area contributed by atoms with Gasteiger partial charge in [0.1, 0.15) is 29.0 Å². The Morgan fingerprint density at radius 2 is 1.88 bits per heavy atom. The van der Waals surface area contributed by atoms with Crippen LogP contribution in [-0.2, 0) is 13.2 Å². The van der Waals surface area contributed by atoms with Crippen LogP contribution in [0.4, 0.5) is 5.82 Å². The number of aliphatic hydroxyl groups is 2. The number of fused-ring (bicyclic) bond motifs is 3. The molecule has 5 rings (SSSR count). The highest BCUT2D eigenvalue weighted by Crippen LogP contribution is 2.31. The molecule has 0 spiro atoms. The van der Waals surface area contributed by atoms with E-state index < -0.39 is 5.60 Å². The van der Waals surface area contributed by atoms with Gasteiger partial charge in [0.2, 0.25) is 0 Å². The second-order valence-electron chi connectivity index (χ2n) is 9.45. The van der Waals surface area contributed by atoms with Gasteiger partial charge in [0.25, 0.3) is 5.91 Å². The Bertz CT molecular complexity index is 1400. The number of hydrogen-bond donors (Lipinski definition) is 3. The first-order valence-electron chi connectivity index (χ1n) is 11.4. The van der Waals surface area contributed by atoms with Crippen LogP contribution in [0.2, 0.25) is 0 Å². The Hall–Kier alpha value is -3.56. The number of aliphatic hydroxyl groups excluding tert-OH is 1. The minimum atomic E-state index is -1.04. The zero-order valence-electron chi connectivity index (χ0n) is 19.3. The number of anilines is 1. The summed E-state index contributed by atoms with van der Waals surface area (Å²) in [5.41, 5.74) is 9.74. The molecule has 9 nitrogen and oxygen atoms in total. The van der Waals surface area contributed by atoms with Crippen molar-refractivity contribution in [3.8, 4) is 11.1 Å². The van der Waals surface area contributed by atoms with Crippen LogP contribution in [0, 0.1) is 0 Å². The van der Waals surface area contributed by atoms with Gasteiger partial charge in [-0.2, -0.15) is 0 Å². The van der Waals surface area contributed by atoms with Crippen LogP contribution in [0.1, 0.15) is 42.9 Å². The molecule has 0 aliphatic carbocycles. The largest absolute Gasteiger partial charge is 0.389 e. The van der Waals surface area contributed by atoms with Crippen LogP contribution < -0.4 is 5.73 Å². The zero-order valence-corrected chi connectivity index (χ0v) is 19.3. The van der Waals surface area contributed by atoms with Crippen LogP contribution in [0.5, 0.6) is 0 Å². The average Bonchev–Trinajstić information content (AvgIpc) is 3.46. The van der Waals surface area contributed by atoms with Crippen molar-refractivity contribution in [2.24, 2.45) is 0 Å². The first-order chi connectivity index (χ1) is 16.2. The molecule has 1 aliphatic heterocycles. The van der Waals surface area contributed by atoms with Gasteiger partial charge in [0.05, 0.1) is 17.7 Å². The second kappa shape index (κ2) is 8.34. The van der Waals surface area contributed by atoms with Gasteiger partial charge in [-0.05, 0) is 50.5 Å². The number of pyridine rings is 2. The van der Waals surface area contributed by atoms with Gasteiger partial charge in [-0.25, -0.2) is 9.97 Å². The highest BCUT2D eigenvalue weighted by atomic mass is 16.3. The fraction of sp³-hybridized carbons (Fsp3) is 0.360. The molecule has 4 N–H and O–H groups in total. The van der Waals surface area contributed by atoms with Crippen LogP contribution in [0.15, 0.2) is 36.5 Å². The minimum absolute atomic E-state index is 0.0456. The number of imidazole rings is 1. The maximum atomic E-state index is 12.8. The van der Waals surface area contributed by atoms with Crippen molar-refractivity contribution in [2.75, 3.05) is 18.8 Å². The fourth-order valence-electron chi connectivity index (χ4n) is 4.59. The standard InChI is InChI=1S/C25H28N6O3/c1-25(2,34)14-31-19(13-32)29-21-22(31)20-18(28-23(21)26)11-17(12-27-20)15-6-5-7-16(10-15)24(33)30-8-3-4-9-30/h5-7,10-12,32,34H,3-4,8-9,13-14H2,1-2H3,(H2,26,28). The Labute approximate surface area is 196 Å². The summed E-state index contributed by atoms with van der Waals surface area (Å²) in [6.07, 6.45) is 3.83. The van der Waals surface area contributed by atoms with E-state index in [1.807, 2.05) is 35.2 Å². The highest BCUT2D eigenvalue weighted by molar-refractivity contribution is 6.05. The number of nitrogens with zero attached hydrogens (tertiary/aromatic N) is 5. The first-order valence-corrected chi connectivity index (χ1v) is 11.4. The Morgan fingerprint density at radius 3 is 2.59 bits per heavy atom. The Morgan fingerprint density at radius 1 is 1.12 bits per heavy atom. The van der Waals surface area contributed by atoms with Crippen molar-refractivity contribution in [2.45, 2.75) is 45.4 Å². The molecule has 1 amide bonds. The van der Waals surface area contributed by atoms with Crippen LogP contribution in [0.3, 0.4) is 0 Å². The zero-order chi connectivity index (χ0) is 24.0. The second-order valence-corrected chi connectivity index (χ2v) is 9.45. The first kappa shape index (κ1) is 22.2. The van der Waals surface area contributed by atoms with E-state index in [2.05, 4.69) is 15.0 Å². The lowest BCUT2D eigenvalue weighted by atomic mass is 10.0. The number of amides is 1. The highest BCUT2D eigenvalue weighted by Gasteiger charge is 2.23. The summed E-state index contributed by atoms with van der Waals surface area (Å²) in [4.78, 5) is 28.4. The third-order valence-electron chi connectivity index (χ3n) is 6.14. The summed E-state index contributed by atoms with van der Waals surface area (Å²) in [6.45, 7) is 4.88. The average molecular weight is 461 g/mol. The SMILES string of the molecule is CC(C)(O)Cn1c(CO)nc2c(N)nc3cc(-c4cccc(C(=O)N5CCCC5)c4)cnc3c21. The van der Waals surface area contributed by atoms with Crippen molar-refractivity contribution in [3.63, 3.8) is 0 Å². The number of nitrogen functional groups attached to an aromatic ring is 1. The molecule has 1 fully saturated rings. The van der Waals surface area contributed by atoms with Crippen molar-refractivity contribution >= 4 is 33.8 Å². The lowest BCUT2D eigenvalue weighted by molar-refractivity contribution is 0.0606. The van der Waals surface area contributed by atoms with Crippen molar-refractivity contribution in [1.29, 1.82) is 0 Å². The van der Waals surface area contributed by atoms with E-state index in [0.29, 0.717) is 33.5 Å². The van der Waals surface area contributed by atoms with E-state index in [1.54, 1.807) is 24.6 Å². The number of hydrogen-bond acceptors (Lipinski definition) is 7. The molecule has 0 radical (unpaired) electrons. The molecule has 0 unspecified atom stereocenters. The van der Waals surface area contributed by atoms with E-state index in [1.165, 1.54) is 0 Å². The van der Waals surface area contributed by atoms with Crippen LogP contribution in [-0.4, -0.2) is 59.2 Å². The molecule has 9 heteroatoms. The van der Waals surface area contributed by atoms with Crippen molar-refractivity contribution < 1.29 is 15.0 Å². The van der Waals surface area contributed by atoms with Crippen molar-refractivity contribution in [1.82, 2.24) is 24.4 Å². The molecular formula is C25H28N6O3. The van der Waals surface area contributed by atoms with E-state index in [-0.39, 0.29) is 24.9 Å². The predicted octanol–water partition coefficient (Wildman–Crippen LogP) is 2.73. The maximum absolute atomic E-state index is 12.8. The van der Waals surface area contributed by atoms with Gasteiger partial charge >= 0.3 is 0 Å². The van der Waals surface area contributed by atoms with Crippen molar-refractivity contribution in [3.05, 3.63) is 47.9 Å². The molecule has 4 heterocycles. The van der Waals surface area contributed by atoms with Crippen LogP contribution in [0.25, 0.3) is 33.2 Å². The summed E-state index contributed by atoms with van der Waals surface area (Å²) in [7, 11) is 0. The van der Waals surface area contributed by atoms with Gasteiger partial charge in [-0.1, -0.05) is 12.1 Å². The summed E-state index contributed by atoms with van der Waals surface area (Å²) in [5.74, 6) is 0.657. The minimum Gasteiger partial charge on any atom is -0.389 e. The third kappa shape index (κ3) is 3.97. The quantitative estimate of drug-likeness (QED) is 0.417. The molecule has 1 saturated heterocycles. The van der Waals surface area contributed by atoms with Crippen LogP contribution >= 0.6 is 0 Å². The lowest BCUT2D eigenvalue weighted by Crippen LogP contribution is -2.27. The summed E-state index contributed by atoms with van der Waals surface area (Å²) >= 11 is 0. The molecule has 0 bridgehead atoms. The molecule has 34 heavy (non-hydrogen) atoms. The smallest absolute Gasteiger partial charge is 0.253 e. The Kier molecular flexibility index (Phi) is 5.45. The monoisotopic (exact) mass is 460 g/mol. The van der Waals surface area contributed by atoms with Gasteiger partial charge in [0, 0.05) is 30.4 Å². The van der Waals surface area contributed by atoms with Gasteiger partial charge < -0.3 is 25.4 Å². The van der Waals surface area contributed by atoms with Gasteiger partial charge in [0.15, 0.2) is 5.82 Å². The number of nitrogens with two attached hydrogens (primary N) is 1. The molecule has 1 aliphatic rings.